The Bertz CT molecular complexity index is 579. The maximum Gasteiger partial charge on any atom is 0.338 e. The number of hydrogen-bond acceptors (Lipinski definition) is 4. The Kier molecular flexibility index (Phi) is 5.57. The SMILES string of the molecule is CCC1(CC)O[C@@H](C(=O)OC)[C@H](C2=C(Cl)C=C(Cl)CC#C2)O1. The highest BCUT2D eigenvalue weighted by atomic mass is 35.5. The molecule has 2 atom stereocenters. The van der Waals surface area contributed by atoms with Crippen molar-refractivity contribution in [2.45, 2.75) is 51.1 Å². The molecule has 1 heterocycles. The lowest BCUT2D eigenvalue weighted by Crippen LogP contribution is -2.34. The molecule has 0 spiro atoms. The number of allylic oxidation sites excluding steroid dienone is 3. The highest BCUT2D eigenvalue weighted by molar-refractivity contribution is 6.35. The van der Waals surface area contributed by atoms with Gasteiger partial charge in [0.25, 0.3) is 0 Å². The van der Waals surface area contributed by atoms with Crippen LogP contribution in [0.1, 0.15) is 33.1 Å². The van der Waals surface area contributed by atoms with Crippen LogP contribution in [-0.2, 0) is 19.0 Å². The molecule has 0 bridgehead atoms. The third-order valence-corrected chi connectivity index (χ3v) is 4.33. The summed E-state index contributed by atoms with van der Waals surface area (Å²) in [7, 11) is 1.31. The average Bonchev–Trinajstić information content (AvgIpc) is 2.82. The molecule has 2 rings (SSSR count). The van der Waals surface area contributed by atoms with E-state index in [9.17, 15) is 4.79 Å². The van der Waals surface area contributed by atoms with Crippen LogP contribution in [0.4, 0.5) is 0 Å². The Morgan fingerprint density at radius 2 is 2.09 bits per heavy atom. The molecular weight excluding hydrogens is 327 g/mol. The van der Waals surface area contributed by atoms with E-state index in [0.29, 0.717) is 34.9 Å². The number of esters is 1. The van der Waals surface area contributed by atoms with Gasteiger partial charge in [0.2, 0.25) is 0 Å². The standard InChI is InChI=1S/C16H18Cl2O4/c1-4-16(5-2)21-13(14(22-16)15(19)20-3)11-8-6-7-10(17)9-12(11)18/h9,13-14H,4-5,7H2,1-3H3/t13-,14+/m0/s1. The summed E-state index contributed by atoms with van der Waals surface area (Å²) in [6.07, 6.45) is 1.62. The van der Waals surface area contributed by atoms with E-state index in [-0.39, 0.29) is 0 Å². The molecular formula is C16H18Cl2O4. The van der Waals surface area contributed by atoms with Gasteiger partial charge in [-0.05, 0) is 18.9 Å². The highest BCUT2D eigenvalue weighted by Crippen LogP contribution is 2.39. The first-order valence-electron chi connectivity index (χ1n) is 7.14. The Balaban J connectivity index is 2.43. The number of carbonyl (C=O) groups excluding carboxylic acids is 1. The normalized spacial score (nSPS) is 26.9. The van der Waals surface area contributed by atoms with E-state index in [0.717, 1.165) is 0 Å². The maximum absolute atomic E-state index is 12.1. The van der Waals surface area contributed by atoms with Crippen molar-refractivity contribution in [3.05, 3.63) is 21.7 Å². The third kappa shape index (κ3) is 3.33. The van der Waals surface area contributed by atoms with Gasteiger partial charge in [-0.1, -0.05) is 48.9 Å². The molecule has 120 valence electrons. The zero-order valence-electron chi connectivity index (χ0n) is 12.7. The second kappa shape index (κ2) is 7.06. The van der Waals surface area contributed by atoms with Gasteiger partial charge in [0.05, 0.1) is 17.7 Å². The Morgan fingerprint density at radius 1 is 1.41 bits per heavy atom. The first kappa shape index (κ1) is 17.4. The van der Waals surface area contributed by atoms with Gasteiger partial charge in [-0.25, -0.2) is 4.79 Å². The smallest absolute Gasteiger partial charge is 0.338 e. The largest absolute Gasteiger partial charge is 0.467 e. The van der Waals surface area contributed by atoms with Gasteiger partial charge in [-0.3, -0.25) is 0 Å². The van der Waals surface area contributed by atoms with Gasteiger partial charge in [0.1, 0.15) is 6.10 Å². The number of carbonyl (C=O) groups is 1. The van der Waals surface area contributed by atoms with Crippen molar-refractivity contribution in [3.63, 3.8) is 0 Å². The molecule has 0 saturated carbocycles. The van der Waals surface area contributed by atoms with Crippen molar-refractivity contribution in [1.82, 2.24) is 0 Å². The molecule has 1 saturated heterocycles. The van der Waals surface area contributed by atoms with Gasteiger partial charge < -0.3 is 14.2 Å². The van der Waals surface area contributed by atoms with Gasteiger partial charge >= 0.3 is 5.97 Å². The van der Waals surface area contributed by atoms with Gasteiger partial charge in [-0.2, -0.15) is 0 Å². The van der Waals surface area contributed by atoms with Crippen LogP contribution in [-0.4, -0.2) is 31.1 Å². The van der Waals surface area contributed by atoms with Crippen LogP contribution in [0.2, 0.25) is 0 Å². The van der Waals surface area contributed by atoms with Crippen LogP contribution in [0.5, 0.6) is 0 Å². The first-order valence-corrected chi connectivity index (χ1v) is 7.90. The zero-order valence-corrected chi connectivity index (χ0v) is 14.3. The lowest BCUT2D eigenvalue weighted by molar-refractivity contribution is -0.186. The summed E-state index contributed by atoms with van der Waals surface area (Å²) in [5.74, 6) is 4.52. The molecule has 0 amide bonds. The molecule has 0 unspecified atom stereocenters. The number of rotatable bonds is 4. The van der Waals surface area contributed by atoms with Crippen molar-refractivity contribution < 1.29 is 19.0 Å². The lowest BCUT2D eigenvalue weighted by atomic mass is 10.0. The number of methoxy groups -OCH3 is 1. The fraction of sp³-hybridized carbons (Fsp3) is 0.562. The number of ether oxygens (including phenoxy) is 3. The van der Waals surface area contributed by atoms with Gasteiger partial charge in [0, 0.05) is 11.5 Å². The predicted molar refractivity (Wildman–Crippen MR) is 84.3 cm³/mol. The summed E-state index contributed by atoms with van der Waals surface area (Å²) < 4.78 is 16.7. The molecule has 0 radical (unpaired) electrons. The van der Waals surface area contributed by atoms with Gasteiger partial charge in [-0.15, -0.1) is 0 Å². The first-order chi connectivity index (χ1) is 10.5. The Labute approximate surface area is 140 Å². The van der Waals surface area contributed by atoms with Crippen molar-refractivity contribution in [2.24, 2.45) is 0 Å². The third-order valence-electron chi connectivity index (χ3n) is 3.77. The van der Waals surface area contributed by atoms with E-state index >= 15 is 0 Å². The monoisotopic (exact) mass is 344 g/mol. The molecule has 1 fully saturated rings. The molecule has 2 aliphatic rings. The van der Waals surface area contributed by atoms with Crippen molar-refractivity contribution in [1.29, 1.82) is 0 Å². The van der Waals surface area contributed by atoms with Crippen molar-refractivity contribution >= 4 is 29.2 Å². The summed E-state index contributed by atoms with van der Waals surface area (Å²) in [5, 5.41) is 0.902. The highest BCUT2D eigenvalue weighted by Gasteiger charge is 2.51. The quantitative estimate of drug-likeness (QED) is 0.578. The fourth-order valence-corrected chi connectivity index (χ4v) is 2.97. The van der Waals surface area contributed by atoms with Crippen LogP contribution in [0, 0.1) is 11.8 Å². The van der Waals surface area contributed by atoms with Crippen molar-refractivity contribution in [2.75, 3.05) is 7.11 Å². The van der Waals surface area contributed by atoms with E-state index in [2.05, 4.69) is 11.8 Å². The second-order valence-electron chi connectivity index (χ2n) is 5.05. The molecule has 0 aromatic carbocycles. The molecule has 1 aliphatic heterocycles. The number of hydrogen-bond donors (Lipinski definition) is 0. The van der Waals surface area contributed by atoms with E-state index in [1.54, 1.807) is 6.08 Å². The summed E-state index contributed by atoms with van der Waals surface area (Å²) in [5.41, 5.74) is 0.497. The van der Waals surface area contributed by atoms with Crippen LogP contribution in [0.25, 0.3) is 0 Å². The number of halogens is 2. The summed E-state index contributed by atoms with van der Waals surface area (Å²) >= 11 is 12.3. The fourth-order valence-electron chi connectivity index (χ4n) is 2.45. The molecule has 22 heavy (non-hydrogen) atoms. The van der Waals surface area contributed by atoms with Gasteiger partial charge in [0.15, 0.2) is 11.9 Å². The molecule has 0 aromatic heterocycles. The minimum absolute atomic E-state index is 0.362. The second-order valence-corrected chi connectivity index (χ2v) is 5.94. The minimum Gasteiger partial charge on any atom is -0.467 e. The minimum atomic E-state index is -0.895. The van der Waals surface area contributed by atoms with Crippen LogP contribution < -0.4 is 0 Å². The Morgan fingerprint density at radius 3 is 2.68 bits per heavy atom. The van der Waals surface area contributed by atoms with E-state index < -0.39 is 24.0 Å². The van der Waals surface area contributed by atoms with Crippen LogP contribution >= 0.6 is 23.2 Å². The van der Waals surface area contributed by atoms with Crippen LogP contribution in [0.15, 0.2) is 21.7 Å². The summed E-state index contributed by atoms with van der Waals surface area (Å²) in [6.45, 7) is 3.87. The van der Waals surface area contributed by atoms with E-state index in [1.807, 2.05) is 13.8 Å². The maximum atomic E-state index is 12.1. The van der Waals surface area contributed by atoms with Crippen LogP contribution in [0.3, 0.4) is 0 Å². The molecule has 0 N–H and O–H groups in total. The molecule has 4 nitrogen and oxygen atoms in total. The lowest BCUT2D eigenvalue weighted by Gasteiger charge is -2.24. The molecule has 6 heteroatoms. The molecule has 1 aliphatic carbocycles. The predicted octanol–water partition coefficient (Wildman–Crippen LogP) is 3.48. The zero-order chi connectivity index (χ0) is 16.3. The average molecular weight is 345 g/mol. The molecule has 0 aromatic rings. The van der Waals surface area contributed by atoms with E-state index in [4.69, 9.17) is 37.4 Å². The summed E-state index contributed by atoms with van der Waals surface area (Å²) in [6, 6.07) is 0. The summed E-state index contributed by atoms with van der Waals surface area (Å²) in [4.78, 5) is 12.1. The topological polar surface area (TPSA) is 44.8 Å². The van der Waals surface area contributed by atoms with Crippen molar-refractivity contribution in [3.8, 4) is 11.8 Å². The van der Waals surface area contributed by atoms with E-state index in [1.165, 1.54) is 7.11 Å². The Hall–Kier alpha value is -0.990.